The Kier molecular flexibility index (Phi) is 4.62. The molecule has 2 nitrogen and oxygen atoms in total. The number of nitrogens with one attached hydrogen (secondary N) is 1. The van der Waals surface area contributed by atoms with E-state index < -0.39 is 0 Å². The van der Waals surface area contributed by atoms with Crippen LogP contribution in [-0.4, -0.2) is 30.1 Å². The molecular weight excluding hydrogens is 243 g/mol. The van der Waals surface area contributed by atoms with Crippen LogP contribution in [0.1, 0.15) is 12.0 Å². The molecule has 0 atom stereocenters. The van der Waals surface area contributed by atoms with Gasteiger partial charge in [0.15, 0.2) is 0 Å². The van der Waals surface area contributed by atoms with E-state index in [1.54, 1.807) is 0 Å². The normalized spacial score (nSPS) is 21.2. The average molecular weight is 261 g/mol. The van der Waals surface area contributed by atoms with Crippen LogP contribution < -0.4 is 5.32 Å². The van der Waals surface area contributed by atoms with Crippen molar-refractivity contribution in [2.75, 3.05) is 19.6 Å². The lowest BCUT2D eigenvalue weighted by molar-refractivity contribution is -0.0595. The van der Waals surface area contributed by atoms with Crippen molar-refractivity contribution in [1.82, 2.24) is 10.2 Å². The molecule has 1 N–H and O–H groups in total. The number of likely N-dealkylation sites (tertiary alicyclic amines) is 1. The van der Waals surface area contributed by atoms with Crippen LogP contribution in [0.5, 0.6) is 0 Å². The van der Waals surface area contributed by atoms with Crippen LogP contribution >= 0.6 is 24.8 Å². The molecule has 90 valence electrons. The van der Waals surface area contributed by atoms with Gasteiger partial charge < -0.3 is 5.32 Å². The van der Waals surface area contributed by atoms with E-state index in [0.717, 1.165) is 6.54 Å². The number of benzene rings is 1. The maximum absolute atomic E-state index is 3.38. The van der Waals surface area contributed by atoms with Gasteiger partial charge in [0.2, 0.25) is 0 Å². The molecular formula is C12H18Cl2N2. The highest BCUT2D eigenvalue weighted by atomic mass is 35.5. The highest BCUT2D eigenvalue weighted by molar-refractivity contribution is 5.85. The van der Waals surface area contributed by atoms with Gasteiger partial charge in [0.25, 0.3) is 0 Å². The number of hydrogen-bond donors (Lipinski definition) is 1. The predicted octanol–water partition coefficient (Wildman–Crippen LogP) is 2.08. The fraction of sp³-hybridized carbons (Fsp3) is 0.500. The van der Waals surface area contributed by atoms with Crippen molar-refractivity contribution < 1.29 is 0 Å². The average Bonchev–Trinajstić information content (AvgIpc) is 2.12. The van der Waals surface area contributed by atoms with Crippen molar-refractivity contribution in [3.05, 3.63) is 35.9 Å². The van der Waals surface area contributed by atoms with Gasteiger partial charge in [-0.3, -0.25) is 4.90 Å². The fourth-order valence-corrected chi connectivity index (χ4v) is 2.45. The summed E-state index contributed by atoms with van der Waals surface area (Å²) in [4.78, 5) is 2.61. The van der Waals surface area contributed by atoms with Gasteiger partial charge in [-0.2, -0.15) is 0 Å². The summed E-state index contributed by atoms with van der Waals surface area (Å²) in [5, 5.41) is 3.38. The lowest BCUT2D eigenvalue weighted by atomic mass is 9.79. The standard InChI is InChI=1S/C12H16N2.2ClH/c1-2-4-11(5-3-1)8-14-7-6-12(14)9-13-10-12;;/h1-5,13H,6-10H2;2*1H. The van der Waals surface area contributed by atoms with Gasteiger partial charge in [-0.05, 0) is 12.0 Å². The molecule has 1 spiro atoms. The van der Waals surface area contributed by atoms with Crippen LogP contribution in [0, 0.1) is 0 Å². The minimum atomic E-state index is 0. The Balaban J connectivity index is 0.000000640. The number of rotatable bonds is 2. The monoisotopic (exact) mass is 260 g/mol. The van der Waals surface area contributed by atoms with Crippen LogP contribution in [-0.2, 0) is 6.54 Å². The van der Waals surface area contributed by atoms with Gasteiger partial charge >= 0.3 is 0 Å². The Labute approximate surface area is 109 Å². The predicted molar refractivity (Wildman–Crippen MR) is 71.6 cm³/mol. The Morgan fingerprint density at radius 2 is 1.81 bits per heavy atom. The summed E-state index contributed by atoms with van der Waals surface area (Å²) in [7, 11) is 0. The van der Waals surface area contributed by atoms with E-state index >= 15 is 0 Å². The summed E-state index contributed by atoms with van der Waals surface area (Å²) in [5.41, 5.74) is 1.98. The number of nitrogens with zero attached hydrogens (tertiary/aromatic N) is 1. The zero-order chi connectivity index (χ0) is 9.43. The zero-order valence-corrected chi connectivity index (χ0v) is 10.8. The van der Waals surface area contributed by atoms with E-state index in [1.807, 2.05) is 0 Å². The van der Waals surface area contributed by atoms with Crippen molar-refractivity contribution >= 4 is 24.8 Å². The summed E-state index contributed by atoms with van der Waals surface area (Å²) in [6.45, 7) is 4.79. The molecule has 0 unspecified atom stereocenters. The van der Waals surface area contributed by atoms with E-state index in [-0.39, 0.29) is 24.8 Å². The molecule has 0 bridgehead atoms. The molecule has 2 fully saturated rings. The minimum absolute atomic E-state index is 0. The first-order chi connectivity index (χ1) is 6.89. The maximum atomic E-state index is 3.38. The van der Waals surface area contributed by atoms with Crippen LogP contribution in [0.15, 0.2) is 30.3 Å². The number of halogens is 2. The second-order valence-corrected chi connectivity index (χ2v) is 4.49. The maximum Gasteiger partial charge on any atom is 0.0473 e. The Hall–Kier alpha value is -0.280. The van der Waals surface area contributed by atoms with Crippen LogP contribution in [0.25, 0.3) is 0 Å². The van der Waals surface area contributed by atoms with Crippen LogP contribution in [0.2, 0.25) is 0 Å². The quantitative estimate of drug-likeness (QED) is 0.876. The molecule has 1 aromatic carbocycles. The molecule has 4 heteroatoms. The molecule has 2 heterocycles. The highest BCUT2D eigenvalue weighted by Crippen LogP contribution is 2.35. The Bertz CT molecular complexity index is 320. The Morgan fingerprint density at radius 1 is 1.12 bits per heavy atom. The van der Waals surface area contributed by atoms with Crippen molar-refractivity contribution in [2.24, 2.45) is 0 Å². The van der Waals surface area contributed by atoms with Crippen molar-refractivity contribution in [3.8, 4) is 0 Å². The van der Waals surface area contributed by atoms with Crippen molar-refractivity contribution in [3.63, 3.8) is 0 Å². The van der Waals surface area contributed by atoms with Gasteiger partial charge in [-0.1, -0.05) is 30.3 Å². The molecule has 16 heavy (non-hydrogen) atoms. The van der Waals surface area contributed by atoms with Gasteiger partial charge in [0.05, 0.1) is 0 Å². The molecule has 2 aliphatic rings. The van der Waals surface area contributed by atoms with Crippen molar-refractivity contribution in [2.45, 2.75) is 18.5 Å². The summed E-state index contributed by atoms with van der Waals surface area (Å²) in [5.74, 6) is 0. The summed E-state index contributed by atoms with van der Waals surface area (Å²) < 4.78 is 0. The SMILES string of the molecule is Cl.Cl.c1ccc(CN2CCC23CNC3)cc1. The lowest BCUT2D eigenvalue weighted by Gasteiger charge is -2.59. The third-order valence-corrected chi connectivity index (χ3v) is 3.64. The molecule has 0 radical (unpaired) electrons. The third kappa shape index (κ3) is 2.21. The van der Waals surface area contributed by atoms with Gasteiger partial charge in [0, 0.05) is 31.7 Å². The smallest absolute Gasteiger partial charge is 0.0473 e. The summed E-state index contributed by atoms with van der Waals surface area (Å²) in [6.07, 6.45) is 1.38. The van der Waals surface area contributed by atoms with Crippen LogP contribution in [0.4, 0.5) is 0 Å². The van der Waals surface area contributed by atoms with E-state index in [1.165, 1.54) is 31.6 Å². The summed E-state index contributed by atoms with van der Waals surface area (Å²) >= 11 is 0. The molecule has 3 rings (SSSR count). The highest BCUT2D eigenvalue weighted by Gasteiger charge is 2.48. The molecule has 0 aromatic heterocycles. The Morgan fingerprint density at radius 3 is 2.25 bits per heavy atom. The van der Waals surface area contributed by atoms with Gasteiger partial charge in [-0.15, -0.1) is 24.8 Å². The topological polar surface area (TPSA) is 15.3 Å². The minimum Gasteiger partial charge on any atom is -0.313 e. The lowest BCUT2D eigenvalue weighted by Crippen LogP contribution is -2.75. The molecule has 0 aliphatic carbocycles. The molecule has 2 saturated heterocycles. The first-order valence-electron chi connectivity index (χ1n) is 5.39. The number of hydrogen-bond acceptors (Lipinski definition) is 2. The third-order valence-electron chi connectivity index (χ3n) is 3.64. The fourth-order valence-electron chi connectivity index (χ4n) is 2.45. The second kappa shape index (κ2) is 5.37. The summed E-state index contributed by atoms with van der Waals surface area (Å²) in [6, 6.07) is 10.8. The van der Waals surface area contributed by atoms with Gasteiger partial charge in [-0.25, -0.2) is 0 Å². The van der Waals surface area contributed by atoms with E-state index in [0.29, 0.717) is 5.54 Å². The van der Waals surface area contributed by atoms with E-state index in [2.05, 4.69) is 40.5 Å². The molecule has 2 aliphatic heterocycles. The van der Waals surface area contributed by atoms with Crippen molar-refractivity contribution in [1.29, 1.82) is 0 Å². The first-order valence-corrected chi connectivity index (χ1v) is 5.39. The van der Waals surface area contributed by atoms with E-state index in [9.17, 15) is 0 Å². The second-order valence-electron chi connectivity index (χ2n) is 4.49. The first kappa shape index (κ1) is 13.8. The van der Waals surface area contributed by atoms with E-state index in [4.69, 9.17) is 0 Å². The zero-order valence-electron chi connectivity index (χ0n) is 9.19. The van der Waals surface area contributed by atoms with Gasteiger partial charge in [0.1, 0.15) is 0 Å². The molecule has 1 aromatic rings. The molecule has 0 saturated carbocycles. The largest absolute Gasteiger partial charge is 0.313 e. The molecule has 0 amide bonds. The van der Waals surface area contributed by atoms with Crippen LogP contribution in [0.3, 0.4) is 0 Å².